The van der Waals surface area contributed by atoms with Crippen LogP contribution in [0, 0.1) is 20.8 Å². The lowest BCUT2D eigenvalue weighted by molar-refractivity contribution is 0.0606. The van der Waals surface area contributed by atoms with Crippen LogP contribution in [0.1, 0.15) is 59.7 Å². The van der Waals surface area contributed by atoms with Crippen molar-refractivity contribution < 1.29 is 4.79 Å². The lowest BCUT2D eigenvalue weighted by Gasteiger charge is -2.36. The van der Waals surface area contributed by atoms with E-state index in [0.717, 1.165) is 42.5 Å². The number of benzene rings is 1. The van der Waals surface area contributed by atoms with Crippen molar-refractivity contribution in [3.05, 3.63) is 34.4 Å². The highest BCUT2D eigenvalue weighted by molar-refractivity contribution is 5.97. The van der Waals surface area contributed by atoms with Gasteiger partial charge in [0.05, 0.1) is 0 Å². The van der Waals surface area contributed by atoms with Crippen molar-refractivity contribution in [2.45, 2.75) is 59.4 Å². The summed E-state index contributed by atoms with van der Waals surface area (Å²) in [6.07, 6.45) is 4.63. The third-order valence-corrected chi connectivity index (χ3v) is 4.25. The predicted molar refractivity (Wildman–Crippen MR) is 79.6 cm³/mol. The molecule has 0 aromatic heterocycles. The van der Waals surface area contributed by atoms with Gasteiger partial charge in [0, 0.05) is 18.2 Å². The summed E-state index contributed by atoms with van der Waals surface area (Å²) < 4.78 is 0. The number of amides is 1. The Morgan fingerprint density at radius 2 is 1.84 bits per heavy atom. The first-order chi connectivity index (χ1) is 9.04. The largest absolute Gasteiger partial charge is 0.336 e. The molecule has 1 fully saturated rings. The van der Waals surface area contributed by atoms with Crippen molar-refractivity contribution in [3.63, 3.8) is 0 Å². The second kappa shape index (κ2) is 5.77. The van der Waals surface area contributed by atoms with Crippen LogP contribution in [0.2, 0.25) is 0 Å². The quantitative estimate of drug-likeness (QED) is 0.785. The molecule has 2 nitrogen and oxygen atoms in total. The Balaban J connectivity index is 2.33. The van der Waals surface area contributed by atoms with E-state index in [0.29, 0.717) is 6.04 Å². The standard InChI is InChI=1S/C17H25NO/c1-5-15-8-6-7-9-18(15)17(19)16-13(3)10-12(2)11-14(16)4/h10-11,15H,5-9H2,1-4H3/t15-/m0/s1. The second-order valence-electron chi connectivity index (χ2n) is 5.83. The number of hydrogen-bond acceptors (Lipinski definition) is 1. The Labute approximate surface area is 116 Å². The van der Waals surface area contributed by atoms with Gasteiger partial charge in [-0.25, -0.2) is 0 Å². The average Bonchev–Trinajstić information content (AvgIpc) is 2.37. The summed E-state index contributed by atoms with van der Waals surface area (Å²) in [5, 5.41) is 0. The normalized spacial score (nSPS) is 19.6. The van der Waals surface area contributed by atoms with Crippen LogP contribution in [0.15, 0.2) is 12.1 Å². The van der Waals surface area contributed by atoms with Crippen molar-refractivity contribution in [2.75, 3.05) is 6.54 Å². The van der Waals surface area contributed by atoms with Gasteiger partial charge in [0.15, 0.2) is 0 Å². The third-order valence-electron chi connectivity index (χ3n) is 4.25. The number of carbonyl (C=O) groups excluding carboxylic acids is 1. The lowest BCUT2D eigenvalue weighted by Crippen LogP contribution is -2.43. The number of rotatable bonds is 2. The molecule has 2 heteroatoms. The summed E-state index contributed by atoms with van der Waals surface area (Å²) in [4.78, 5) is 15.0. The van der Waals surface area contributed by atoms with Crippen LogP contribution in [0.25, 0.3) is 0 Å². The maximum absolute atomic E-state index is 12.8. The lowest BCUT2D eigenvalue weighted by atomic mass is 9.95. The van der Waals surface area contributed by atoms with Gasteiger partial charge in [-0.3, -0.25) is 4.79 Å². The molecule has 19 heavy (non-hydrogen) atoms. The first kappa shape index (κ1) is 14.1. The molecule has 0 radical (unpaired) electrons. The molecule has 1 aliphatic heterocycles. The highest BCUT2D eigenvalue weighted by atomic mass is 16.2. The van der Waals surface area contributed by atoms with Gasteiger partial charge in [0.2, 0.25) is 0 Å². The van der Waals surface area contributed by atoms with Gasteiger partial charge in [-0.05, 0) is 57.6 Å². The monoisotopic (exact) mass is 259 g/mol. The SMILES string of the molecule is CC[C@H]1CCCCN1C(=O)c1c(C)cc(C)cc1C. The molecule has 0 spiro atoms. The summed E-state index contributed by atoms with van der Waals surface area (Å²) in [5.41, 5.74) is 4.38. The summed E-state index contributed by atoms with van der Waals surface area (Å²) in [5.74, 6) is 0.238. The van der Waals surface area contributed by atoms with E-state index in [2.05, 4.69) is 44.7 Å². The molecular weight excluding hydrogens is 234 g/mol. The first-order valence-electron chi connectivity index (χ1n) is 7.43. The van der Waals surface area contributed by atoms with Crippen molar-refractivity contribution in [1.82, 2.24) is 4.90 Å². The fourth-order valence-corrected chi connectivity index (χ4v) is 3.35. The van der Waals surface area contributed by atoms with Gasteiger partial charge in [0.25, 0.3) is 5.91 Å². The number of carbonyl (C=O) groups is 1. The Morgan fingerprint density at radius 3 is 2.42 bits per heavy atom. The Kier molecular flexibility index (Phi) is 4.28. The molecule has 2 rings (SSSR count). The smallest absolute Gasteiger partial charge is 0.254 e. The number of aryl methyl sites for hydroxylation is 3. The molecule has 1 saturated heterocycles. The van der Waals surface area contributed by atoms with E-state index in [1.807, 2.05) is 0 Å². The number of nitrogens with zero attached hydrogens (tertiary/aromatic N) is 1. The molecule has 1 atom stereocenters. The first-order valence-corrected chi connectivity index (χ1v) is 7.43. The van der Waals surface area contributed by atoms with Gasteiger partial charge in [-0.15, -0.1) is 0 Å². The van der Waals surface area contributed by atoms with E-state index in [9.17, 15) is 4.79 Å². The van der Waals surface area contributed by atoms with Gasteiger partial charge >= 0.3 is 0 Å². The number of piperidine rings is 1. The zero-order chi connectivity index (χ0) is 14.0. The van der Waals surface area contributed by atoms with Crippen molar-refractivity contribution in [1.29, 1.82) is 0 Å². The third kappa shape index (κ3) is 2.83. The van der Waals surface area contributed by atoms with Crippen LogP contribution < -0.4 is 0 Å². The van der Waals surface area contributed by atoms with Crippen LogP contribution in [0.5, 0.6) is 0 Å². The van der Waals surface area contributed by atoms with E-state index < -0.39 is 0 Å². The highest BCUT2D eigenvalue weighted by Gasteiger charge is 2.27. The van der Waals surface area contributed by atoms with Crippen LogP contribution >= 0.6 is 0 Å². The molecule has 1 aromatic rings. The van der Waals surface area contributed by atoms with E-state index in [4.69, 9.17) is 0 Å². The Hall–Kier alpha value is -1.31. The van der Waals surface area contributed by atoms with E-state index >= 15 is 0 Å². The summed E-state index contributed by atoms with van der Waals surface area (Å²) >= 11 is 0. The molecule has 1 heterocycles. The molecule has 0 bridgehead atoms. The van der Waals surface area contributed by atoms with Crippen LogP contribution in [-0.2, 0) is 0 Å². The fraction of sp³-hybridized carbons (Fsp3) is 0.588. The zero-order valence-corrected chi connectivity index (χ0v) is 12.6. The van der Waals surface area contributed by atoms with Gasteiger partial charge in [0.1, 0.15) is 0 Å². The topological polar surface area (TPSA) is 20.3 Å². The molecule has 0 saturated carbocycles. The summed E-state index contributed by atoms with van der Waals surface area (Å²) in [6.45, 7) is 9.30. The Bertz CT molecular complexity index is 455. The predicted octanol–water partition coefficient (Wildman–Crippen LogP) is 4.02. The minimum Gasteiger partial charge on any atom is -0.336 e. The maximum Gasteiger partial charge on any atom is 0.254 e. The minimum atomic E-state index is 0.238. The van der Waals surface area contributed by atoms with Gasteiger partial charge in [-0.2, -0.15) is 0 Å². The van der Waals surface area contributed by atoms with E-state index in [-0.39, 0.29) is 5.91 Å². The van der Waals surface area contributed by atoms with Gasteiger partial charge in [-0.1, -0.05) is 24.6 Å². The maximum atomic E-state index is 12.8. The molecular formula is C17H25NO. The molecule has 0 unspecified atom stereocenters. The second-order valence-corrected chi connectivity index (χ2v) is 5.83. The highest BCUT2D eigenvalue weighted by Crippen LogP contribution is 2.25. The van der Waals surface area contributed by atoms with E-state index in [1.54, 1.807) is 0 Å². The fourth-order valence-electron chi connectivity index (χ4n) is 3.35. The summed E-state index contributed by atoms with van der Waals surface area (Å²) in [6, 6.07) is 4.66. The van der Waals surface area contributed by atoms with Crippen molar-refractivity contribution >= 4 is 5.91 Å². The summed E-state index contributed by atoms with van der Waals surface area (Å²) in [7, 11) is 0. The average molecular weight is 259 g/mol. The zero-order valence-electron chi connectivity index (χ0n) is 12.6. The minimum absolute atomic E-state index is 0.238. The van der Waals surface area contributed by atoms with Crippen molar-refractivity contribution in [3.8, 4) is 0 Å². The van der Waals surface area contributed by atoms with Crippen LogP contribution in [0.4, 0.5) is 0 Å². The van der Waals surface area contributed by atoms with Crippen LogP contribution in [0.3, 0.4) is 0 Å². The molecule has 1 amide bonds. The molecule has 1 aliphatic rings. The number of hydrogen-bond donors (Lipinski definition) is 0. The molecule has 1 aromatic carbocycles. The molecule has 0 N–H and O–H groups in total. The van der Waals surface area contributed by atoms with Crippen LogP contribution in [-0.4, -0.2) is 23.4 Å². The van der Waals surface area contributed by atoms with Gasteiger partial charge < -0.3 is 4.90 Å². The van der Waals surface area contributed by atoms with E-state index in [1.165, 1.54) is 12.0 Å². The molecule has 104 valence electrons. The molecule has 0 aliphatic carbocycles. The Morgan fingerprint density at radius 1 is 1.21 bits per heavy atom. The number of likely N-dealkylation sites (tertiary alicyclic amines) is 1. The van der Waals surface area contributed by atoms with Crippen molar-refractivity contribution in [2.24, 2.45) is 0 Å².